The lowest BCUT2D eigenvalue weighted by Gasteiger charge is -2.10. The standard InChI is InChI=1S/C21H25N3O4/c1-4-15-5-11-18(12-6-15)28-13-19(25)23-24-21(27)16-7-9-17(10-8-16)22-20(26)14(2)3/h5-12,14H,4,13H2,1-3H3,(H,22,26)(H,23,25)(H,24,27). The molecule has 7 heteroatoms. The molecule has 0 unspecified atom stereocenters. The van der Waals surface area contributed by atoms with Crippen LogP contribution in [0.15, 0.2) is 48.5 Å². The fraction of sp³-hybridized carbons (Fsp3) is 0.286. The van der Waals surface area contributed by atoms with Gasteiger partial charge in [0.05, 0.1) is 0 Å². The van der Waals surface area contributed by atoms with Crippen LogP contribution in [0.4, 0.5) is 5.69 Å². The first-order valence-corrected chi connectivity index (χ1v) is 9.11. The lowest BCUT2D eigenvalue weighted by molar-refractivity contribution is -0.123. The highest BCUT2D eigenvalue weighted by Gasteiger charge is 2.10. The van der Waals surface area contributed by atoms with Gasteiger partial charge in [0, 0.05) is 17.2 Å². The average Bonchev–Trinajstić information content (AvgIpc) is 2.71. The Bertz CT molecular complexity index is 815. The zero-order chi connectivity index (χ0) is 20.5. The van der Waals surface area contributed by atoms with E-state index >= 15 is 0 Å². The Labute approximate surface area is 164 Å². The molecule has 3 amide bonds. The Kier molecular flexibility index (Phi) is 7.56. The lowest BCUT2D eigenvalue weighted by atomic mass is 10.1. The molecule has 0 aliphatic rings. The summed E-state index contributed by atoms with van der Waals surface area (Å²) in [5.74, 6) is -0.604. The molecule has 0 aromatic heterocycles. The number of hydrogen-bond donors (Lipinski definition) is 3. The van der Waals surface area contributed by atoms with Gasteiger partial charge in [-0.1, -0.05) is 32.9 Å². The Morgan fingerprint density at radius 2 is 1.57 bits per heavy atom. The monoisotopic (exact) mass is 383 g/mol. The first-order valence-electron chi connectivity index (χ1n) is 9.11. The molecule has 0 atom stereocenters. The maximum Gasteiger partial charge on any atom is 0.276 e. The van der Waals surface area contributed by atoms with Crippen molar-refractivity contribution in [1.29, 1.82) is 0 Å². The SMILES string of the molecule is CCc1ccc(OCC(=O)NNC(=O)c2ccc(NC(=O)C(C)C)cc2)cc1. The van der Waals surface area contributed by atoms with Crippen LogP contribution in [-0.4, -0.2) is 24.3 Å². The first-order chi connectivity index (χ1) is 13.4. The van der Waals surface area contributed by atoms with Crippen LogP contribution in [0.5, 0.6) is 5.75 Å². The molecule has 0 fully saturated rings. The van der Waals surface area contributed by atoms with E-state index < -0.39 is 11.8 Å². The molecule has 0 radical (unpaired) electrons. The normalized spacial score (nSPS) is 10.3. The van der Waals surface area contributed by atoms with E-state index in [0.29, 0.717) is 17.0 Å². The van der Waals surface area contributed by atoms with E-state index in [2.05, 4.69) is 23.1 Å². The molecule has 0 saturated carbocycles. The van der Waals surface area contributed by atoms with Crippen LogP contribution in [0, 0.1) is 5.92 Å². The number of aryl methyl sites for hydroxylation is 1. The summed E-state index contributed by atoms with van der Waals surface area (Å²) >= 11 is 0. The largest absolute Gasteiger partial charge is 0.484 e. The summed E-state index contributed by atoms with van der Waals surface area (Å²) < 4.78 is 5.37. The minimum Gasteiger partial charge on any atom is -0.484 e. The third-order valence-corrected chi connectivity index (χ3v) is 3.96. The van der Waals surface area contributed by atoms with Crippen LogP contribution in [0.1, 0.15) is 36.7 Å². The number of hydrazine groups is 1. The van der Waals surface area contributed by atoms with Crippen LogP contribution >= 0.6 is 0 Å². The van der Waals surface area contributed by atoms with Gasteiger partial charge >= 0.3 is 0 Å². The van der Waals surface area contributed by atoms with Crippen LogP contribution < -0.4 is 20.9 Å². The van der Waals surface area contributed by atoms with Crippen molar-refractivity contribution in [3.8, 4) is 5.75 Å². The number of rotatable bonds is 7. The number of hydrogen-bond acceptors (Lipinski definition) is 4. The highest BCUT2D eigenvalue weighted by molar-refractivity contribution is 5.97. The van der Waals surface area contributed by atoms with E-state index in [1.807, 2.05) is 12.1 Å². The van der Waals surface area contributed by atoms with Gasteiger partial charge in [0.2, 0.25) is 5.91 Å². The smallest absolute Gasteiger partial charge is 0.276 e. The van der Waals surface area contributed by atoms with Crippen molar-refractivity contribution in [3.05, 3.63) is 59.7 Å². The summed E-state index contributed by atoms with van der Waals surface area (Å²) in [5, 5.41) is 2.74. The van der Waals surface area contributed by atoms with Gasteiger partial charge in [0.25, 0.3) is 11.8 Å². The van der Waals surface area contributed by atoms with E-state index in [-0.39, 0.29) is 18.4 Å². The summed E-state index contributed by atoms with van der Waals surface area (Å²) in [4.78, 5) is 35.6. The quantitative estimate of drug-likeness (QED) is 0.641. The minimum atomic E-state index is -0.478. The van der Waals surface area contributed by atoms with Crippen molar-refractivity contribution >= 4 is 23.4 Å². The molecular formula is C21H25N3O4. The molecule has 2 rings (SSSR count). The van der Waals surface area contributed by atoms with Crippen molar-refractivity contribution in [2.45, 2.75) is 27.2 Å². The Balaban J connectivity index is 1.77. The molecule has 3 N–H and O–H groups in total. The number of benzene rings is 2. The zero-order valence-corrected chi connectivity index (χ0v) is 16.2. The molecule has 2 aromatic rings. The highest BCUT2D eigenvalue weighted by Crippen LogP contribution is 2.12. The number of carbonyl (C=O) groups is 3. The molecule has 0 aliphatic carbocycles. The topological polar surface area (TPSA) is 96.5 Å². The van der Waals surface area contributed by atoms with E-state index in [1.165, 1.54) is 5.56 Å². The third-order valence-electron chi connectivity index (χ3n) is 3.96. The lowest BCUT2D eigenvalue weighted by Crippen LogP contribution is -2.43. The van der Waals surface area contributed by atoms with Crippen LogP contribution in [0.3, 0.4) is 0 Å². The average molecular weight is 383 g/mol. The van der Waals surface area contributed by atoms with E-state index in [1.54, 1.807) is 50.2 Å². The fourth-order valence-electron chi connectivity index (χ4n) is 2.20. The van der Waals surface area contributed by atoms with E-state index in [0.717, 1.165) is 6.42 Å². The van der Waals surface area contributed by atoms with Crippen molar-refractivity contribution < 1.29 is 19.1 Å². The maximum atomic E-state index is 12.1. The Hall–Kier alpha value is -3.35. The third kappa shape index (κ3) is 6.42. The van der Waals surface area contributed by atoms with Gasteiger partial charge in [0.15, 0.2) is 6.61 Å². The number of nitrogens with one attached hydrogen (secondary N) is 3. The molecule has 28 heavy (non-hydrogen) atoms. The van der Waals surface area contributed by atoms with Gasteiger partial charge in [-0.15, -0.1) is 0 Å². The van der Waals surface area contributed by atoms with Crippen molar-refractivity contribution in [1.82, 2.24) is 10.9 Å². The summed E-state index contributed by atoms with van der Waals surface area (Å²) in [5.41, 5.74) is 6.75. The number of amides is 3. The minimum absolute atomic E-state index is 0.103. The summed E-state index contributed by atoms with van der Waals surface area (Å²) in [6.07, 6.45) is 0.928. The van der Waals surface area contributed by atoms with Gasteiger partial charge in [-0.3, -0.25) is 25.2 Å². The van der Waals surface area contributed by atoms with E-state index in [4.69, 9.17) is 4.74 Å². The van der Waals surface area contributed by atoms with Gasteiger partial charge < -0.3 is 10.1 Å². The zero-order valence-electron chi connectivity index (χ0n) is 16.2. The second kappa shape index (κ2) is 10.1. The second-order valence-electron chi connectivity index (χ2n) is 6.51. The number of anilines is 1. The van der Waals surface area contributed by atoms with Crippen LogP contribution in [0.2, 0.25) is 0 Å². The molecule has 0 saturated heterocycles. The molecule has 2 aromatic carbocycles. The first kappa shape index (κ1) is 21.0. The highest BCUT2D eigenvalue weighted by atomic mass is 16.5. The summed E-state index contributed by atoms with van der Waals surface area (Å²) in [6, 6.07) is 13.8. The molecule has 0 aliphatic heterocycles. The molecule has 0 heterocycles. The second-order valence-corrected chi connectivity index (χ2v) is 6.51. The number of carbonyl (C=O) groups excluding carboxylic acids is 3. The van der Waals surface area contributed by atoms with Crippen molar-refractivity contribution in [2.24, 2.45) is 5.92 Å². The Morgan fingerprint density at radius 1 is 0.929 bits per heavy atom. The van der Waals surface area contributed by atoms with Crippen molar-refractivity contribution in [3.63, 3.8) is 0 Å². The van der Waals surface area contributed by atoms with Gasteiger partial charge in [-0.05, 0) is 48.4 Å². The molecular weight excluding hydrogens is 358 g/mol. The summed E-state index contributed by atoms with van der Waals surface area (Å²) in [6.45, 7) is 5.43. The molecule has 148 valence electrons. The van der Waals surface area contributed by atoms with Gasteiger partial charge in [-0.25, -0.2) is 0 Å². The Morgan fingerprint density at radius 3 is 2.14 bits per heavy atom. The number of ether oxygens (including phenoxy) is 1. The predicted octanol–water partition coefficient (Wildman–Crippen LogP) is 2.68. The van der Waals surface area contributed by atoms with E-state index in [9.17, 15) is 14.4 Å². The molecule has 0 spiro atoms. The van der Waals surface area contributed by atoms with Gasteiger partial charge in [0.1, 0.15) is 5.75 Å². The maximum absolute atomic E-state index is 12.1. The van der Waals surface area contributed by atoms with Crippen molar-refractivity contribution in [2.75, 3.05) is 11.9 Å². The fourth-order valence-corrected chi connectivity index (χ4v) is 2.20. The van der Waals surface area contributed by atoms with Crippen LogP contribution in [-0.2, 0) is 16.0 Å². The predicted molar refractivity (Wildman–Crippen MR) is 107 cm³/mol. The molecule has 0 bridgehead atoms. The molecule has 7 nitrogen and oxygen atoms in total. The van der Waals surface area contributed by atoms with Crippen LogP contribution in [0.25, 0.3) is 0 Å². The summed E-state index contributed by atoms with van der Waals surface area (Å²) in [7, 11) is 0. The van der Waals surface area contributed by atoms with Gasteiger partial charge in [-0.2, -0.15) is 0 Å².